The highest BCUT2D eigenvalue weighted by Gasteiger charge is 2.22. The summed E-state index contributed by atoms with van der Waals surface area (Å²) in [7, 11) is 4.06. The number of carbonyl (C=O) groups is 1. The van der Waals surface area contributed by atoms with E-state index in [1.807, 2.05) is 31.7 Å². The Labute approximate surface area is 196 Å². The number of thiazole rings is 1. The molecule has 1 saturated heterocycles. The van der Waals surface area contributed by atoms with Crippen LogP contribution in [-0.4, -0.2) is 77.4 Å². The van der Waals surface area contributed by atoms with Crippen molar-refractivity contribution < 1.29 is 4.79 Å². The Morgan fingerprint density at radius 2 is 1.85 bits per heavy atom. The number of Topliss-reactive ketones (excluding diaryl/α,β-unsaturated/α-hetero) is 1. The minimum absolute atomic E-state index is 0.225. The first-order valence-corrected chi connectivity index (χ1v) is 11.9. The first kappa shape index (κ1) is 21.5. The molecule has 1 fully saturated rings. The topological polar surface area (TPSA) is 81.2 Å². The van der Waals surface area contributed by atoms with Crippen LogP contribution in [-0.2, 0) is 11.2 Å². The summed E-state index contributed by atoms with van der Waals surface area (Å²) in [6.45, 7) is 3.89. The van der Waals surface area contributed by atoms with Crippen molar-refractivity contribution >= 4 is 39.7 Å². The van der Waals surface area contributed by atoms with Crippen LogP contribution in [0, 0.1) is 0 Å². The second-order valence-corrected chi connectivity index (χ2v) is 9.44. The van der Waals surface area contributed by atoms with Crippen LogP contribution in [0.2, 0.25) is 0 Å². The van der Waals surface area contributed by atoms with E-state index in [0.29, 0.717) is 13.0 Å². The molecule has 0 spiro atoms. The second-order valence-electron chi connectivity index (χ2n) is 8.46. The minimum Gasteiger partial charge on any atom is -0.378 e. The van der Waals surface area contributed by atoms with Crippen LogP contribution in [0.5, 0.6) is 0 Å². The maximum atomic E-state index is 12.4. The quantitative estimate of drug-likeness (QED) is 0.453. The molecular weight excluding hydrogens is 434 g/mol. The van der Waals surface area contributed by atoms with Gasteiger partial charge in [0.15, 0.2) is 11.4 Å². The molecule has 1 N–H and O–H groups in total. The molecule has 170 valence electrons. The van der Waals surface area contributed by atoms with Crippen molar-refractivity contribution in [3.8, 4) is 11.4 Å². The number of nitrogens with zero attached hydrogens (tertiary/aromatic N) is 6. The molecule has 0 amide bonds. The zero-order chi connectivity index (χ0) is 22.8. The van der Waals surface area contributed by atoms with Crippen molar-refractivity contribution in [3.05, 3.63) is 53.1 Å². The number of H-pyrrole nitrogens is 1. The molecule has 0 atom stereocenters. The van der Waals surface area contributed by atoms with Gasteiger partial charge in [-0.1, -0.05) is 0 Å². The third-order valence-electron chi connectivity index (χ3n) is 5.97. The Morgan fingerprint density at radius 1 is 1.06 bits per heavy atom. The first-order valence-electron chi connectivity index (χ1n) is 11.1. The van der Waals surface area contributed by atoms with Crippen LogP contribution >= 0.6 is 11.3 Å². The summed E-state index contributed by atoms with van der Waals surface area (Å²) in [6, 6.07) is 10.4. The Bertz CT molecular complexity index is 1230. The van der Waals surface area contributed by atoms with Crippen LogP contribution in [0.25, 0.3) is 22.6 Å². The van der Waals surface area contributed by atoms with Gasteiger partial charge in [-0.25, -0.2) is 15.0 Å². The Balaban J connectivity index is 1.27. The average Bonchev–Trinajstić information content (AvgIpc) is 3.49. The number of aromatic nitrogens is 4. The molecule has 0 saturated carbocycles. The number of hydrogen-bond donors (Lipinski definition) is 1. The molecule has 33 heavy (non-hydrogen) atoms. The number of benzene rings is 1. The van der Waals surface area contributed by atoms with Crippen molar-refractivity contribution in [2.24, 2.45) is 0 Å². The van der Waals surface area contributed by atoms with Crippen molar-refractivity contribution in [2.45, 2.75) is 6.42 Å². The summed E-state index contributed by atoms with van der Waals surface area (Å²) in [5.41, 5.74) is 4.97. The lowest BCUT2D eigenvalue weighted by Crippen LogP contribution is -2.48. The van der Waals surface area contributed by atoms with Crippen LogP contribution in [0.4, 0.5) is 11.4 Å². The van der Waals surface area contributed by atoms with Gasteiger partial charge in [0.1, 0.15) is 11.3 Å². The van der Waals surface area contributed by atoms with Crippen molar-refractivity contribution in [1.82, 2.24) is 24.8 Å². The fraction of sp³-hybridized carbons (Fsp3) is 0.333. The lowest BCUT2D eigenvalue weighted by molar-refractivity contribution is -0.119. The third kappa shape index (κ3) is 4.74. The SMILES string of the molecule is CN(C)c1ccc(-c2nc3nccc(N4CCN(CC(=O)Cc5nccs5)CC4)c3[nH]2)cc1. The van der Waals surface area contributed by atoms with Crippen molar-refractivity contribution in [2.75, 3.05) is 56.6 Å². The van der Waals surface area contributed by atoms with Crippen molar-refractivity contribution in [3.63, 3.8) is 0 Å². The summed E-state index contributed by atoms with van der Waals surface area (Å²) in [4.78, 5) is 36.0. The molecule has 9 heteroatoms. The summed E-state index contributed by atoms with van der Waals surface area (Å²) >= 11 is 1.54. The molecule has 1 aliphatic rings. The molecule has 4 aromatic rings. The van der Waals surface area contributed by atoms with Gasteiger partial charge in [-0.3, -0.25) is 9.69 Å². The van der Waals surface area contributed by atoms with Gasteiger partial charge < -0.3 is 14.8 Å². The normalized spacial score (nSPS) is 14.7. The van der Waals surface area contributed by atoms with E-state index in [-0.39, 0.29) is 5.78 Å². The number of carbonyl (C=O) groups excluding carboxylic acids is 1. The number of hydrogen-bond acceptors (Lipinski definition) is 8. The van der Waals surface area contributed by atoms with E-state index in [2.05, 4.69) is 53.9 Å². The van der Waals surface area contributed by atoms with Gasteiger partial charge in [0.25, 0.3) is 0 Å². The van der Waals surface area contributed by atoms with E-state index in [1.165, 1.54) is 11.3 Å². The number of ketones is 1. The zero-order valence-corrected chi connectivity index (χ0v) is 19.7. The molecule has 0 radical (unpaired) electrons. The lowest BCUT2D eigenvalue weighted by Gasteiger charge is -2.35. The molecule has 1 aliphatic heterocycles. The molecular formula is C24H27N7OS. The van der Waals surface area contributed by atoms with E-state index in [4.69, 9.17) is 4.98 Å². The van der Waals surface area contributed by atoms with Gasteiger partial charge in [0.05, 0.1) is 23.7 Å². The molecule has 5 rings (SSSR count). The predicted molar refractivity (Wildman–Crippen MR) is 133 cm³/mol. The fourth-order valence-electron chi connectivity index (χ4n) is 4.18. The maximum Gasteiger partial charge on any atom is 0.180 e. The maximum absolute atomic E-state index is 12.4. The second kappa shape index (κ2) is 9.29. The Morgan fingerprint density at radius 3 is 2.55 bits per heavy atom. The fourth-order valence-corrected chi connectivity index (χ4v) is 4.82. The van der Waals surface area contributed by atoms with E-state index >= 15 is 0 Å². The number of imidazole rings is 1. The summed E-state index contributed by atoms with van der Waals surface area (Å²) in [6.07, 6.45) is 4.00. The van der Waals surface area contributed by atoms with Crippen LogP contribution in [0.3, 0.4) is 0 Å². The molecule has 0 unspecified atom stereocenters. The van der Waals surface area contributed by atoms with Crippen LogP contribution in [0.15, 0.2) is 48.1 Å². The lowest BCUT2D eigenvalue weighted by atomic mass is 10.2. The average molecular weight is 462 g/mol. The highest BCUT2D eigenvalue weighted by molar-refractivity contribution is 7.09. The Hall–Kier alpha value is -3.30. The highest BCUT2D eigenvalue weighted by Crippen LogP contribution is 2.28. The molecule has 3 aromatic heterocycles. The van der Waals surface area contributed by atoms with Gasteiger partial charge >= 0.3 is 0 Å². The van der Waals surface area contributed by atoms with Crippen LogP contribution < -0.4 is 9.80 Å². The summed E-state index contributed by atoms with van der Waals surface area (Å²) in [5, 5.41) is 2.81. The number of aromatic amines is 1. The zero-order valence-electron chi connectivity index (χ0n) is 18.9. The number of pyridine rings is 1. The predicted octanol–water partition coefficient (Wildman–Crippen LogP) is 3.08. The van der Waals surface area contributed by atoms with Gasteiger partial charge in [0.2, 0.25) is 0 Å². The summed E-state index contributed by atoms with van der Waals surface area (Å²) < 4.78 is 0. The summed E-state index contributed by atoms with van der Waals surface area (Å²) in [5.74, 6) is 1.05. The molecule has 1 aromatic carbocycles. The highest BCUT2D eigenvalue weighted by atomic mass is 32.1. The van der Waals surface area contributed by atoms with Gasteiger partial charge in [-0.2, -0.15) is 0 Å². The molecule has 0 aliphatic carbocycles. The molecule has 8 nitrogen and oxygen atoms in total. The standard InChI is InChI=1S/C24H27N7OS/c1-29(2)18-5-3-17(4-6-18)23-27-22-20(7-8-26-24(22)28-23)31-12-10-30(11-13-31)16-19(32)15-21-25-9-14-33-21/h3-9,14H,10-13,15-16H2,1-2H3,(H,26,27,28). The first-order chi connectivity index (χ1) is 16.1. The van der Waals surface area contributed by atoms with E-state index in [0.717, 1.165) is 65.1 Å². The number of nitrogens with one attached hydrogen (secondary N) is 1. The van der Waals surface area contributed by atoms with E-state index in [1.54, 1.807) is 6.20 Å². The number of anilines is 2. The third-order valence-corrected chi connectivity index (χ3v) is 6.75. The largest absolute Gasteiger partial charge is 0.378 e. The van der Waals surface area contributed by atoms with Gasteiger partial charge in [-0.15, -0.1) is 11.3 Å². The molecule has 4 heterocycles. The van der Waals surface area contributed by atoms with Gasteiger partial charge in [-0.05, 0) is 30.3 Å². The van der Waals surface area contributed by atoms with E-state index in [9.17, 15) is 4.79 Å². The Kier molecular flexibility index (Phi) is 6.06. The van der Waals surface area contributed by atoms with E-state index < -0.39 is 0 Å². The molecule has 0 bridgehead atoms. The van der Waals surface area contributed by atoms with Crippen molar-refractivity contribution in [1.29, 1.82) is 0 Å². The number of piperazine rings is 1. The van der Waals surface area contributed by atoms with Gasteiger partial charge in [0, 0.05) is 69.3 Å². The number of rotatable bonds is 7. The monoisotopic (exact) mass is 461 g/mol. The van der Waals surface area contributed by atoms with Crippen LogP contribution in [0.1, 0.15) is 5.01 Å². The number of fused-ring (bicyclic) bond motifs is 1. The smallest absolute Gasteiger partial charge is 0.180 e. The minimum atomic E-state index is 0.225.